The van der Waals surface area contributed by atoms with Crippen LogP contribution < -0.4 is 5.73 Å². The topological polar surface area (TPSA) is 43.8 Å². The summed E-state index contributed by atoms with van der Waals surface area (Å²) in [6.45, 7) is 0. The third kappa shape index (κ3) is 0.992. The molecule has 2 heterocycles. The minimum absolute atomic E-state index is 0.538. The molecule has 2 aromatic heterocycles. The van der Waals surface area contributed by atoms with Gasteiger partial charge in [-0.3, -0.25) is 0 Å². The molecule has 3 nitrogen and oxygen atoms in total. The SMILES string of the molecule is Cn1ccc2c(Br)cc(N)nc21. The third-order valence-electron chi connectivity index (χ3n) is 1.81. The molecule has 0 saturated carbocycles. The number of pyridine rings is 1. The number of aryl methyl sites for hydroxylation is 1. The van der Waals surface area contributed by atoms with E-state index in [0.29, 0.717) is 5.82 Å². The Bertz CT molecular complexity index is 433. The second-order valence-corrected chi connectivity index (χ2v) is 3.55. The molecule has 2 aromatic rings. The number of halogens is 1. The van der Waals surface area contributed by atoms with Gasteiger partial charge in [-0.15, -0.1) is 0 Å². The van der Waals surface area contributed by atoms with Crippen LogP contribution in [0.4, 0.5) is 5.82 Å². The summed E-state index contributed by atoms with van der Waals surface area (Å²) >= 11 is 3.43. The van der Waals surface area contributed by atoms with E-state index in [-0.39, 0.29) is 0 Å². The summed E-state index contributed by atoms with van der Waals surface area (Å²) in [6, 6.07) is 3.81. The van der Waals surface area contributed by atoms with Crippen molar-refractivity contribution in [1.82, 2.24) is 9.55 Å². The predicted molar refractivity (Wildman–Crippen MR) is 52.8 cm³/mol. The van der Waals surface area contributed by atoms with E-state index < -0.39 is 0 Å². The molecule has 0 aromatic carbocycles. The van der Waals surface area contributed by atoms with Gasteiger partial charge in [0.05, 0.1) is 0 Å². The zero-order valence-electron chi connectivity index (χ0n) is 6.58. The van der Waals surface area contributed by atoms with E-state index in [4.69, 9.17) is 5.73 Å². The van der Waals surface area contributed by atoms with Crippen LogP contribution in [0, 0.1) is 0 Å². The van der Waals surface area contributed by atoms with Crippen LogP contribution in [0.2, 0.25) is 0 Å². The number of nitrogen functional groups attached to an aromatic ring is 1. The molecule has 0 aliphatic carbocycles. The molecule has 0 radical (unpaired) electrons. The molecule has 62 valence electrons. The Morgan fingerprint density at radius 1 is 1.58 bits per heavy atom. The zero-order valence-corrected chi connectivity index (χ0v) is 8.17. The average Bonchev–Trinajstić information content (AvgIpc) is 2.33. The van der Waals surface area contributed by atoms with Crippen molar-refractivity contribution in [2.45, 2.75) is 0 Å². The summed E-state index contributed by atoms with van der Waals surface area (Å²) in [5.74, 6) is 0.538. The van der Waals surface area contributed by atoms with E-state index in [0.717, 1.165) is 15.5 Å². The van der Waals surface area contributed by atoms with E-state index in [1.54, 1.807) is 0 Å². The Kier molecular flexibility index (Phi) is 1.58. The lowest BCUT2D eigenvalue weighted by atomic mass is 10.3. The average molecular weight is 226 g/mol. The van der Waals surface area contributed by atoms with Gasteiger partial charge in [0.25, 0.3) is 0 Å². The van der Waals surface area contributed by atoms with Crippen molar-refractivity contribution in [2.24, 2.45) is 7.05 Å². The highest BCUT2D eigenvalue weighted by atomic mass is 79.9. The van der Waals surface area contributed by atoms with Crippen LogP contribution >= 0.6 is 15.9 Å². The van der Waals surface area contributed by atoms with Gasteiger partial charge < -0.3 is 10.3 Å². The summed E-state index contributed by atoms with van der Waals surface area (Å²) in [4.78, 5) is 4.21. The monoisotopic (exact) mass is 225 g/mol. The van der Waals surface area contributed by atoms with Crippen LogP contribution in [0.1, 0.15) is 0 Å². The fourth-order valence-electron chi connectivity index (χ4n) is 1.21. The van der Waals surface area contributed by atoms with Gasteiger partial charge in [-0.2, -0.15) is 0 Å². The molecule has 0 unspecified atom stereocenters. The van der Waals surface area contributed by atoms with Crippen molar-refractivity contribution in [3.8, 4) is 0 Å². The quantitative estimate of drug-likeness (QED) is 0.745. The zero-order chi connectivity index (χ0) is 8.72. The molecule has 0 spiro atoms. The largest absolute Gasteiger partial charge is 0.384 e. The van der Waals surface area contributed by atoms with E-state index >= 15 is 0 Å². The van der Waals surface area contributed by atoms with Crippen molar-refractivity contribution in [3.63, 3.8) is 0 Å². The molecule has 0 amide bonds. The summed E-state index contributed by atoms with van der Waals surface area (Å²) in [5.41, 5.74) is 6.50. The van der Waals surface area contributed by atoms with Crippen molar-refractivity contribution < 1.29 is 0 Å². The first-order chi connectivity index (χ1) is 5.68. The lowest BCUT2D eigenvalue weighted by Crippen LogP contribution is -1.93. The van der Waals surface area contributed by atoms with Crippen LogP contribution in [0.5, 0.6) is 0 Å². The number of hydrogen-bond donors (Lipinski definition) is 1. The fourth-order valence-corrected chi connectivity index (χ4v) is 1.75. The van der Waals surface area contributed by atoms with Crippen molar-refractivity contribution in [2.75, 3.05) is 5.73 Å². The van der Waals surface area contributed by atoms with E-state index in [2.05, 4.69) is 20.9 Å². The summed E-state index contributed by atoms with van der Waals surface area (Å²) in [7, 11) is 1.95. The Morgan fingerprint density at radius 2 is 2.33 bits per heavy atom. The normalized spacial score (nSPS) is 10.8. The van der Waals surface area contributed by atoms with E-state index in [9.17, 15) is 0 Å². The number of nitrogens with two attached hydrogens (primary N) is 1. The summed E-state index contributed by atoms with van der Waals surface area (Å²) in [5, 5.41) is 1.09. The van der Waals surface area contributed by atoms with Crippen molar-refractivity contribution in [3.05, 3.63) is 22.8 Å². The smallest absolute Gasteiger partial charge is 0.143 e. The lowest BCUT2D eigenvalue weighted by Gasteiger charge is -1.98. The molecule has 0 atom stereocenters. The van der Waals surface area contributed by atoms with Crippen molar-refractivity contribution >= 4 is 32.8 Å². The first kappa shape index (κ1) is 7.61. The molecule has 0 aliphatic rings. The summed E-state index contributed by atoms with van der Waals surface area (Å²) in [6.07, 6.45) is 1.96. The second kappa shape index (κ2) is 2.48. The van der Waals surface area contributed by atoms with Crippen LogP contribution in [0.3, 0.4) is 0 Å². The maximum absolute atomic E-state index is 5.60. The van der Waals surface area contributed by atoms with Gasteiger partial charge in [-0.05, 0) is 28.1 Å². The number of anilines is 1. The Balaban J connectivity index is 2.92. The predicted octanol–water partition coefficient (Wildman–Crippen LogP) is 1.92. The highest BCUT2D eigenvalue weighted by Gasteiger charge is 2.03. The number of aromatic nitrogens is 2. The van der Waals surface area contributed by atoms with Crippen molar-refractivity contribution in [1.29, 1.82) is 0 Å². The highest BCUT2D eigenvalue weighted by molar-refractivity contribution is 9.10. The molecule has 2 N–H and O–H groups in total. The highest BCUT2D eigenvalue weighted by Crippen LogP contribution is 2.24. The van der Waals surface area contributed by atoms with Gasteiger partial charge >= 0.3 is 0 Å². The summed E-state index contributed by atoms with van der Waals surface area (Å²) < 4.78 is 2.93. The van der Waals surface area contributed by atoms with E-state index in [1.165, 1.54) is 0 Å². The van der Waals surface area contributed by atoms with E-state index in [1.807, 2.05) is 29.9 Å². The number of nitrogens with zero attached hydrogens (tertiary/aromatic N) is 2. The van der Waals surface area contributed by atoms with Gasteiger partial charge in [-0.25, -0.2) is 4.98 Å². The number of fused-ring (bicyclic) bond motifs is 1. The molecule has 0 fully saturated rings. The number of hydrogen-bond acceptors (Lipinski definition) is 2. The van der Waals surface area contributed by atoms with Crippen LogP contribution in [0.25, 0.3) is 11.0 Å². The van der Waals surface area contributed by atoms with Gasteiger partial charge in [0.15, 0.2) is 0 Å². The fraction of sp³-hybridized carbons (Fsp3) is 0.125. The molecule has 0 saturated heterocycles. The van der Waals surface area contributed by atoms with Crippen LogP contribution in [-0.2, 0) is 7.05 Å². The Hall–Kier alpha value is -1.03. The van der Waals surface area contributed by atoms with Crippen LogP contribution in [0.15, 0.2) is 22.8 Å². The maximum atomic E-state index is 5.60. The molecule has 0 aliphatic heterocycles. The maximum Gasteiger partial charge on any atom is 0.143 e. The Labute approximate surface area is 78.3 Å². The standard InChI is InChI=1S/C8H8BrN3/c1-12-3-2-5-6(9)4-7(10)11-8(5)12/h2-4H,1H3,(H2,10,11). The molecule has 12 heavy (non-hydrogen) atoms. The second-order valence-electron chi connectivity index (χ2n) is 2.69. The molecule has 2 rings (SSSR count). The first-order valence-electron chi connectivity index (χ1n) is 3.55. The third-order valence-corrected chi connectivity index (χ3v) is 2.46. The van der Waals surface area contributed by atoms with Gasteiger partial charge in [0, 0.05) is 23.1 Å². The number of rotatable bonds is 0. The molecule has 0 bridgehead atoms. The van der Waals surface area contributed by atoms with Crippen LogP contribution in [-0.4, -0.2) is 9.55 Å². The minimum Gasteiger partial charge on any atom is -0.384 e. The molecular weight excluding hydrogens is 218 g/mol. The first-order valence-corrected chi connectivity index (χ1v) is 4.35. The van der Waals surface area contributed by atoms with Gasteiger partial charge in [0.2, 0.25) is 0 Å². The molecule has 4 heteroatoms. The van der Waals surface area contributed by atoms with Gasteiger partial charge in [0.1, 0.15) is 11.5 Å². The Morgan fingerprint density at radius 3 is 3.08 bits per heavy atom. The van der Waals surface area contributed by atoms with Gasteiger partial charge in [-0.1, -0.05) is 0 Å². The molecular formula is C8H8BrN3. The lowest BCUT2D eigenvalue weighted by molar-refractivity contribution is 0.949. The minimum atomic E-state index is 0.538.